The first-order chi connectivity index (χ1) is 13.4. The minimum Gasteiger partial charge on any atom is -0.353 e. The molecule has 0 bridgehead atoms. The predicted molar refractivity (Wildman–Crippen MR) is 103 cm³/mol. The third-order valence-corrected chi connectivity index (χ3v) is 4.82. The summed E-state index contributed by atoms with van der Waals surface area (Å²) in [5.74, 6) is 0.923. The maximum absolute atomic E-state index is 12.7. The number of benzene rings is 1. The first kappa shape index (κ1) is 20.0. The average molecular weight is 385 g/mol. The van der Waals surface area contributed by atoms with E-state index >= 15 is 0 Å². The molecular formula is C20H27N5O3. The zero-order chi connectivity index (χ0) is 20.1. The van der Waals surface area contributed by atoms with Gasteiger partial charge in [-0.15, -0.1) is 0 Å². The summed E-state index contributed by atoms with van der Waals surface area (Å²) in [5.41, 5.74) is 1.12. The monoisotopic (exact) mass is 385 g/mol. The van der Waals surface area contributed by atoms with Crippen molar-refractivity contribution in [3.63, 3.8) is 0 Å². The third-order valence-electron chi connectivity index (χ3n) is 4.82. The van der Waals surface area contributed by atoms with E-state index in [0.29, 0.717) is 31.3 Å². The van der Waals surface area contributed by atoms with Crippen LogP contribution in [0.1, 0.15) is 43.5 Å². The van der Waals surface area contributed by atoms with Crippen LogP contribution in [0.15, 0.2) is 34.9 Å². The molecule has 150 valence electrons. The van der Waals surface area contributed by atoms with Crippen LogP contribution in [0.3, 0.4) is 0 Å². The molecule has 0 aliphatic carbocycles. The lowest BCUT2D eigenvalue weighted by atomic mass is 10.1. The van der Waals surface area contributed by atoms with Gasteiger partial charge in [0.25, 0.3) is 0 Å². The van der Waals surface area contributed by atoms with Crippen LogP contribution in [0.5, 0.6) is 0 Å². The number of carbonyl (C=O) groups is 2. The van der Waals surface area contributed by atoms with Gasteiger partial charge >= 0.3 is 0 Å². The Balaban J connectivity index is 1.62. The summed E-state index contributed by atoms with van der Waals surface area (Å²) in [6.45, 7) is 6.13. The molecule has 2 heterocycles. The van der Waals surface area contributed by atoms with Gasteiger partial charge in [0.2, 0.25) is 17.7 Å². The molecule has 1 N–H and O–H groups in total. The van der Waals surface area contributed by atoms with Crippen LogP contribution in [-0.2, 0) is 22.7 Å². The fourth-order valence-corrected chi connectivity index (χ4v) is 3.18. The SMILES string of the molecule is CC(C)c1nc(CN(C)C(=O)C[C@H]2C(=O)NCCN2Cc2ccccc2)no1. The number of hydrogen-bond donors (Lipinski definition) is 1. The molecule has 1 saturated heterocycles. The molecule has 1 aliphatic heterocycles. The number of amides is 2. The summed E-state index contributed by atoms with van der Waals surface area (Å²) in [7, 11) is 1.69. The van der Waals surface area contributed by atoms with Gasteiger partial charge in [-0.3, -0.25) is 14.5 Å². The largest absolute Gasteiger partial charge is 0.353 e. The van der Waals surface area contributed by atoms with Crippen molar-refractivity contribution in [1.82, 2.24) is 25.3 Å². The van der Waals surface area contributed by atoms with Crippen molar-refractivity contribution >= 4 is 11.8 Å². The summed E-state index contributed by atoms with van der Waals surface area (Å²) in [5, 5.41) is 6.79. The van der Waals surface area contributed by atoms with E-state index in [1.807, 2.05) is 44.2 Å². The van der Waals surface area contributed by atoms with Gasteiger partial charge in [-0.1, -0.05) is 49.3 Å². The van der Waals surface area contributed by atoms with E-state index in [-0.39, 0.29) is 30.7 Å². The van der Waals surface area contributed by atoms with E-state index in [2.05, 4.69) is 20.4 Å². The lowest BCUT2D eigenvalue weighted by Crippen LogP contribution is -2.56. The smallest absolute Gasteiger partial charge is 0.237 e. The Morgan fingerprint density at radius 2 is 2.11 bits per heavy atom. The first-order valence-electron chi connectivity index (χ1n) is 9.56. The Bertz CT molecular complexity index is 805. The van der Waals surface area contributed by atoms with Crippen molar-refractivity contribution in [2.45, 2.75) is 45.3 Å². The van der Waals surface area contributed by atoms with Gasteiger partial charge in [-0.2, -0.15) is 4.98 Å². The van der Waals surface area contributed by atoms with Crippen molar-refractivity contribution in [2.24, 2.45) is 0 Å². The fraction of sp³-hybridized carbons (Fsp3) is 0.500. The normalized spacial score (nSPS) is 17.6. The molecule has 1 aliphatic rings. The minimum absolute atomic E-state index is 0.106. The van der Waals surface area contributed by atoms with Crippen molar-refractivity contribution in [3.8, 4) is 0 Å². The number of aromatic nitrogens is 2. The highest BCUT2D eigenvalue weighted by Gasteiger charge is 2.32. The third kappa shape index (κ3) is 4.95. The van der Waals surface area contributed by atoms with E-state index in [9.17, 15) is 9.59 Å². The lowest BCUT2D eigenvalue weighted by molar-refractivity contribution is -0.138. The molecule has 0 saturated carbocycles. The van der Waals surface area contributed by atoms with Crippen LogP contribution >= 0.6 is 0 Å². The zero-order valence-corrected chi connectivity index (χ0v) is 16.6. The highest BCUT2D eigenvalue weighted by Crippen LogP contribution is 2.16. The molecule has 1 aromatic heterocycles. The maximum atomic E-state index is 12.7. The van der Waals surface area contributed by atoms with Gasteiger partial charge < -0.3 is 14.7 Å². The quantitative estimate of drug-likeness (QED) is 0.777. The van der Waals surface area contributed by atoms with Crippen molar-refractivity contribution in [3.05, 3.63) is 47.6 Å². The van der Waals surface area contributed by atoms with Gasteiger partial charge in [-0.25, -0.2) is 0 Å². The standard InChI is InChI=1S/C20H27N5O3/c1-14(2)20-22-17(23-28-20)13-24(3)18(26)11-16-19(27)21-9-10-25(16)12-15-7-5-4-6-8-15/h4-8,14,16H,9-13H2,1-3H3,(H,21,27)/t16-/m0/s1. The summed E-state index contributed by atoms with van der Waals surface area (Å²) in [6, 6.07) is 9.48. The fourth-order valence-electron chi connectivity index (χ4n) is 3.18. The molecule has 0 unspecified atom stereocenters. The van der Waals surface area contributed by atoms with Gasteiger partial charge in [0.15, 0.2) is 5.82 Å². The average Bonchev–Trinajstić information content (AvgIpc) is 3.14. The molecule has 2 aromatic rings. The van der Waals surface area contributed by atoms with Crippen LogP contribution in [0.4, 0.5) is 0 Å². The number of piperazine rings is 1. The minimum atomic E-state index is -0.486. The Labute approximate surface area is 164 Å². The Morgan fingerprint density at radius 1 is 1.36 bits per heavy atom. The lowest BCUT2D eigenvalue weighted by Gasteiger charge is -2.35. The molecule has 1 aromatic carbocycles. The van der Waals surface area contributed by atoms with Gasteiger partial charge in [0.05, 0.1) is 19.0 Å². The van der Waals surface area contributed by atoms with Crippen molar-refractivity contribution in [2.75, 3.05) is 20.1 Å². The van der Waals surface area contributed by atoms with Crippen molar-refractivity contribution < 1.29 is 14.1 Å². The summed E-state index contributed by atoms with van der Waals surface area (Å²) in [4.78, 5) is 33.1. The second kappa shape index (κ2) is 8.97. The summed E-state index contributed by atoms with van der Waals surface area (Å²) >= 11 is 0. The molecule has 28 heavy (non-hydrogen) atoms. The van der Waals surface area contributed by atoms with E-state index in [1.165, 1.54) is 4.90 Å². The predicted octanol–water partition coefficient (Wildman–Crippen LogP) is 1.54. The summed E-state index contributed by atoms with van der Waals surface area (Å²) < 4.78 is 5.19. The Hall–Kier alpha value is -2.74. The molecule has 8 heteroatoms. The Morgan fingerprint density at radius 3 is 2.79 bits per heavy atom. The molecule has 0 radical (unpaired) electrons. The number of rotatable bonds is 7. The number of nitrogens with one attached hydrogen (secondary N) is 1. The van der Waals surface area contributed by atoms with Crippen LogP contribution in [0.2, 0.25) is 0 Å². The topological polar surface area (TPSA) is 91.6 Å². The number of hydrogen-bond acceptors (Lipinski definition) is 6. The number of carbonyl (C=O) groups excluding carboxylic acids is 2. The Kier molecular flexibility index (Phi) is 6.41. The molecular weight excluding hydrogens is 358 g/mol. The second-order valence-electron chi connectivity index (χ2n) is 7.42. The van der Waals surface area contributed by atoms with Crippen LogP contribution in [0.25, 0.3) is 0 Å². The van der Waals surface area contributed by atoms with Gasteiger partial charge in [0.1, 0.15) is 0 Å². The van der Waals surface area contributed by atoms with Crippen LogP contribution < -0.4 is 5.32 Å². The van der Waals surface area contributed by atoms with Crippen LogP contribution in [-0.4, -0.2) is 57.9 Å². The molecule has 1 fully saturated rings. The summed E-state index contributed by atoms with van der Waals surface area (Å²) in [6.07, 6.45) is 0.115. The van der Waals surface area contributed by atoms with E-state index in [1.54, 1.807) is 7.05 Å². The van der Waals surface area contributed by atoms with Gasteiger partial charge in [-0.05, 0) is 5.56 Å². The first-order valence-corrected chi connectivity index (χ1v) is 9.56. The highest BCUT2D eigenvalue weighted by molar-refractivity contribution is 5.88. The number of nitrogens with zero attached hydrogens (tertiary/aromatic N) is 4. The van der Waals surface area contributed by atoms with E-state index < -0.39 is 6.04 Å². The van der Waals surface area contributed by atoms with Crippen molar-refractivity contribution in [1.29, 1.82) is 0 Å². The highest BCUT2D eigenvalue weighted by atomic mass is 16.5. The van der Waals surface area contributed by atoms with E-state index in [4.69, 9.17) is 4.52 Å². The zero-order valence-electron chi connectivity index (χ0n) is 16.6. The molecule has 3 rings (SSSR count). The molecule has 1 atom stereocenters. The maximum Gasteiger partial charge on any atom is 0.237 e. The van der Waals surface area contributed by atoms with E-state index in [0.717, 1.165) is 5.56 Å². The molecule has 2 amide bonds. The molecule has 8 nitrogen and oxygen atoms in total. The van der Waals surface area contributed by atoms with Gasteiger partial charge in [0, 0.05) is 32.6 Å². The molecule has 0 spiro atoms. The second-order valence-corrected chi connectivity index (χ2v) is 7.42. The van der Waals surface area contributed by atoms with Crippen LogP contribution in [0, 0.1) is 0 Å².